The second-order valence-electron chi connectivity index (χ2n) is 4.92. The van der Waals surface area contributed by atoms with E-state index in [0.717, 1.165) is 18.0 Å². The Morgan fingerprint density at radius 3 is 2.39 bits per heavy atom. The first kappa shape index (κ1) is 14.8. The highest BCUT2D eigenvalue weighted by Gasteiger charge is 2.08. The predicted molar refractivity (Wildman–Crippen MR) is 75.4 cm³/mol. The lowest BCUT2D eigenvalue weighted by Gasteiger charge is -2.16. The van der Waals surface area contributed by atoms with Crippen LogP contribution in [0.1, 0.15) is 40.2 Å². The van der Waals surface area contributed by atoms with Gasteiger partial charge in [0.25, 0.3) is 0 Å². The van der Waals surface area contributed by atoms with Crippen LogP contribution >= 0.6 is 0 Å². The van der Waals surface area contributed by atoms with Gasteiger partial charge in [0.2, 0.25) is 0 Å². The summed E-state index contributed by atoms with van der Waals surface area (Å²) in [6.45, 7) is 11.8. The average molecular weight is 251 g/mol. The van der Waals surface area contributed by atoms with E-state index < -0.39 is 0 Å². The summed E-state index contributed by atoms with van der Waals surface area (Å²) in [7, 11) is 0. The van der Waals surface area contributed by atoms with Crippen molar-refractivity contribution in [2.75, 3.05) is 6.61 Å². The Balaban J connectivity index is 2.81. The van der Waals surface area contributed by atoms with Gasteiger partial charge in [-0.2, -0.15) is 0 Å². The molecule has 1 aromatic carbocycles. The van der Waals surface area contributed by atoms with E-state index in [1.54, 1.807) is 0 Å². The van der Waals surface area contributed by atoms with E-state index in [-0.39, 0.29) is 6.10 Å². The molecule has 0 aliphatic carbocycles. The van der Waals surface area contributed by atoms with Crippen molar-refractivity contribution < 1.29 is 9.47 Å². The molecule has 0 atom stereocenters. The fraction of sp³-hybridized carbons (Fsp3) is 0.600. The summed E-state index contributed by atoms with van der Waals surface area (Å²) >= 11 is 0. The van der Waals surface area contributed by atoms with Crippen molar-refractivity contribution in [2.24, 2.45) is 0 Å². The molecular weight excluding hydrogens is 226 g/mol. The fourth-order valence-corrected chi connectivity index (χ4v) is 1.60. The normalized spacial score (nSPS) is 11.1. The Bertz CT molecular complexity index is 362. The van der Waals surface area contributed by atoms with Crippen LogP contribution in [0.4, 0.5) is 0 Å². The van der Waals surface area contributed by atoms with Crippen molar-refractivity contribution in [3.05, 3.63) is 23.8 Å². The Hall–Kier alpha value is -1.22. The third kappa shape index (κ3) is 4.96. The van der Waals surface area contributed by atoms with Gasteiger partial charge >= 0.3 is 0 Å². The molecule has 0 aromatic heterocycles. The van der Waals surface area contributed by atoms with Gasteiger partial charge in [0.1, 0.15) is 0 Å². The third-order valence-electron chi connectivity index (χ3n) is 2.39. The zero-order valence-corrected chi connectivity index (χ0v) is 12.1. The third-order valence-corrected chi connectivity index (χ3v) is 2.39. The Labute approximate surface area is 110 Å². The standard InChI is InChI=1S/C15H25NO2/c1-6-17-15-9-13(10-16-11(2)3)7-8-14(15)18-12(4)5/h7-9,11-12,16H,6,10H2,1-5H3. The molecule has 0 heterocycles. The maximum atomic E-state index is 5.73. The van der Waals surface area contributed by atoms with Crippen molar-refractivity contribution in [2.45, 2.75) is 53.3 Å². The van der Waals surface area contributed by atoms with E-state index in [2.05, 4.69) is 31.3 Å². The number of rotatable bonds is 7. The molecule has 0 fully saturated rings. The number of hydrogen-bond donors (Lipinski definition) is 1. The van der Waals surface area contributed by atoms with Crippen LogP contribution < -0.4 is 14.8 Å². The van der Waals surface area contributed by atoms with Gasteiger partial charge in [0, 0.05) is 12.6 Å². The highest BCUT2D eigenvalue weighted by atomic mass is 16.5. The lowest BCUT2D eigenvalue weighted by Crippen LogP contribution is -2.21. The lowest BCUT2D eigenvalue weighted by atomic mass is 10.2. The minimum Gasteiger partial charge on any atom is -0.490 e. The first-order valence-electron chi connectivity index (χ1n) is 6.68. The molecule has 0 unspecified atom stereocenters. The van der Waals surface area contributed by atoms with Crippen LogP contribution in [0.2, 0.25) is 0 Å². The zero-order chi connectivity index (χ0) is 13.5. The molecule has 0 aliphatic rings. The van der Waals surface area contributed by atoms with E-state index in [9.17, 15) is 0 Å². The van der Waals surface area contributed by atoms with Crippen molar-refractivity contribution >= 4 is 0 Å². The molecule has 0 saturated heterocycles. The highest BCUT2D eigenvalue weighted by molar-refractivity contribution is 5.43. The monoisotopic (exact) mass is 251 g/mol. The minimum absolute atomic E-state index is 0.156. The number of ether oxygens (including phenoxy) is 2. The largest absolute Gasteiger partial charge is 0.490 e. The smallest absolute Gasteiger partial charge is 0.161 e. The molecule has 0 saturated carbocycles. The maximum Gasteiger partial charge on any atom is 0.161 e. The zero-order valence-electron chi connectivity index (χ0n) is 12.1. The topological polar surface area (TPSA) is 30.5 Å². The molecule has 1 aromatic rings. The quantitative estimate of drug-likeness (QED) is 0.806. The number of hydrogen-bond acceptors (Lipinski definition) is 3. The van der Waals surface area contributed by atoms with E-state index in [1.165, 1.54) is 5.56 Å². The molecule has 3 nitrogen and oxygen atoms in total. The molecule has 18 heavy (non-hydrogen) atoms. The Kier molecular flexibility index (Phi) is 5.99. The molecule has 3 heteroatoms. The molecular formula is C15H25NO2. The molecule has 102 valence electrons. The van der Waals surface area contributed by atoms with E-state index in [4.69, 9.17) is 9.47 Å². The molecule has 0 aliphatic heterocycles. The Morgan fingerprint density at radius 1 is 1.11 bits per heavy atom. The molecule has 0 amide bonds. The second-order valence-corrected chi connectivity index (χ2v) is 4.92. The van der Waals surface area contributed by atoms with Crippen LogP contribution in [0.25, 0.3) is 0 Å². The summed E-state index contributed by atoms with van der Waals surface area (Å²) < 4.78 is 11.4. The second kappa shape index (κ2) is 7.27. The summed E-state index contributed by atoms with van der Waals surface area (Å²) in [6, 6.07) is 6.60. The number of benzene rings is 1. The van der Waals surface area contributed by atoms with Gasteiger partial charge in [0.05, 0.1) is 12.7 Å². The molecule has 0 bridgehead atoms. The van der Waals surface area contributed by atoms with Gasteiger partial charge in [-0.25, -0.2) is 0 Å². The maximum absolute atomic E-state index is 5.73. The van der Waals surface area contributed by atoms with Gasteiger partial charge in [-0.05, 0) is 38.5 Å². The first-order chi connectivity index (χ1) is 8.52. The number of nitrogens with one attached hydrogen (secondary N) is 1. The Morgan fingerprint density at radius 2 is 1.83 bits per heavy atom. The predicted octanol–water partition coefficient (Wildman–Crippen LogP) is 3.37. The first-order valence-corrected chi connectivity index (χ1v) is 6.68. The molecule has 0 spiro atoms. The van der Waals surface area contributed by atoms with E-state index >= 15 is 0 Å². The van der Waals surface area contributed by atoms with Crippen LogP contribution in [-0.2, 0) is 6.54 Å². The van der Waals surface area contributed by atoms with Crippen LogP contribution in [0.5, 0.6) is 11.5 Å². The van der Waals surface area contributed by atoms with Gasteiger partial charge in [-0.1, -0.05) is 19.9 Å². The van der Waals surface area contributed by atoms with Crippen molar-refractivity contribution in [1.29, 1.82) is 0 Å². The average Bonchev–Trinajstić information content (AvgIpc) is 2.29. The van der Waals surface area contributed by atoms with Crippen LogP contribution in [-0.4, -0.2) is 18.8 Å². The van der Waals surface area contributed by atoms with Crippen LogP contribution in [0.15, 0.2) is 18.2 Å². The summed E-state index contributed by atoms with van der Waals surface area (Å²) in [6.07, 6.45) is 0.156. The lowest BCUT2D eigenvalue weighted by molar-refractivity contribution is 0.223. The van der Waals surface area contributed by atoms with Crippen molar-refractivity contribution in [3.63, 3.8) is 0 Å². The summed E-state index contributed by atoms with van der Waals surface area (Å²) in [4.78, 5) is 0. The van der Waals surface area contributed by atoms with Crippen molar-refractivity contribution in [1.82, 2.24) is 5.32 Å². The van der Waals surface area contributed by atoms with Crippen molar-refractivity contribution in [3.8, 4) is 11.5 Å². The van der Waals surface area contributed by atoms with Gasteiger partial charge in [-0.15, -0.1) is 0 Å². The molecule has 0 radical (unpaired) electrons. The van der Waals surface area contributed by atoms with Crippen LogP contribution in [0.3, 0.4) is 0 Å². The SMILES string of the molecule is CCOc1cc(CNC(C)C)ccc1OC(C)C. The summed E-state index contributed by atoms with van der Waals surface area (Å²) in [5, 5.41) is 3.39. The molecule has 1 rings (SSSR count). The van der Waals surface area contributed by atoms with Gasteiger partial charge in [-0.3, -0.25) is 0 Å². The highest BCUT2D eigenvalue weighted by Crippen LogP contribution is 2.29. The van der Waals surface area contributed by atoms with E-state index in [1.807, 2.05) is 26.8 Å². The minimum atomic E-state index is 0.156. The van der Waals surface area contributed by atoms with Gasteiger partial charge < -0.3 is 14.8 Å². The molecule has 1 N–H and O–H groups in total. The summed E-state index contributed by atoms with van der Waals surface area (Å²) in [5.74, 6) is 1.65. The van der Waals surface area contributed by atoms with E-state index in [0.29, 0.717) is 12.6 Å². The van der Waals surface area contributed by atoms with Gasteiger partial charge in [0.15, 0.2) is 11.5 Å². The van der Waals surface area contributed by atoms with Crippen LogP contribution in [0, 0.1) is 0 Å². The fourth-order valence-electron chi connectivity index (χ4n) is 1.60. The summed E-state index contributed by atoms with van der Waals surface area (Å²) in [5.41, 5.74) is 1.21.